The number of thiophene rings is 1. The van der Waals surface area contributed by atoms with Crippen molar-refractivity contribution in [3.05, 3.63) is 35.7 Å². The number of nitrogens with zero attached hydrogens (tertiary/aromatic N) is 2. The Morgan fingerprint density at radius 3 is 2.53 bits per heavy atom. The minimum absolute atomic E-state index is 0.411. The lowest BCUT2D eigenvalue weighted by atomic mass is 10.1. The molecule has 1 heterocycles. The van der Waals surface area contributed by atoms with Crippen molar-refractivity contribution >= 4 is 34.9 Å². The molecule has 0 fully saturated rings. The largest absolute Gasteiger partial charge is 0.240 e. The number of isocyanates is 2. The predicted octanol–water partition coefficient (Wildman–Crippen LogP) is 3.35. The Labute approximate surface area is 101 Å². The first-order chi connectivity index (χ1) is 8.35. The summed E-state index contributed by atoms with van der Waals surface area (Å²) in [6, 6.07) is 8.81. The molecule has 82 valence electrons. The van der Waals surface area contributed by atoms with E-state index in [1.54, 1.807) is 18.2 Å². The Kier molecular flexibility index (Phi) is 3.38. The van der Waals surface area contributed by atoms with Crippen LogP contribution < -0.4 is 0 Å². The maximum absolute atomic E-state index is 10.4. The number of rotatable bonds is 3. The number of carbonyl (C=O) groups excluding carboxylic acids is 2. The number of benzene rings is 1. The molecule has 0 amide bonds. The summed E-state index contributed by atoms with van der Waals surface area (Å²) in [6.07, 6.45) is 2.94. The lowest BCUT2D eigenvalue weighted by molar-refractivity contribution is 0.565. The highest BCUT2D eigenvalue weighted by atomic mass is 32.1. The van der Waals surface area contributed by atoms with Crippen LogP contribution in [0.3, 0.4) is 0 Å². The topological polar surface area (TPSA) is 58.9 Å². The fourth-order valence-corrected chi connectivity index (χ4v) is 2.18. The smallest absolute Gasteiger partial charge is 0.211 e. The van der Waals surface area contributed by atoms with Crippen LogP contribution in [0.4, 0.5) is 11.4 Å². The fraction of sp³-hybridized carbons (Fsp3) is 0. The first-order valence-corrected chi connectivity index (χ1v) is 5.57. The molecule has 0 unspecified atom stereocenters. The summed E-state index contributed by atoms with van der Waals surface area (Å²) in [5, 5.41) is 1.93. The van der Waals surface area contributed by atoms with Crippen molar-refractivity contribution in [1.82, 2.24) is 0 Å². The van der Waals surface area contributed by atoms with Crippen molar-refractivity contribution in [3.8, 4) is 10.4 Å². The van der Waals surface area contributed by atoms with E-state index in [1.165, 1.54) is 23.5 Å². The lowest BCUT2D eigenvalue weighted by Gasteiger charge is -2.02. The second kappa shape index (κ2) is 5.14. The van der Waals surface area contributed by atoms with Crippen LogP contribution in [-0.2, 0) is 9.59 Å². The van der Waals surface area contributed by atoms with Gasteiger partial charge in [0, 0.05) is 10.4 Å². The van der Waals surface area contributed by atoms with Crippen LogP contribution in [0.2, 0.25) is 0 Å². The first-order valence-electron chi connectivity index (χ1n) is 4.69. The molecule has 2 rings (SSSR count). The van der Waals surface area contributed by atoms with Crippen LogP contribution in [0.1, 0.15) is 0 Å². The van der Waals surface area contributed by atoms with Gasteiger partial charge in [-0.15, -0.1) is 11.3 Å². The minimum atomic E-state index is 0.411. The highest BCUT2D eigenvalue weighted by Crippen LogP contribution is 2.35. The van der Waals surface area contributed by atoms with Crippen LogP contribution in [0.25, 0.3) is 10.4 Å². The summed E-state index contributed by atoms with van der Waals surface area (Å²) in [7, 11) is 0. The van der Waals surface area contributed by atoms with Gasteiger partial charge in [0.2, 0.25) is 12.2 Å². The Bertz CT molecular complexity index is 622. The van der Waals surface area contributed by atoms with Gasteiger partial charge in [-0.3, -0.25) is 0 Å². The molecule has 1 aromatic carbocycles. The van der Waals surface area contributed by atoms with Crippen LogP contribution in [0.5, 0.6) is 0 Å². The summed E-state index contributed by atoms with van der Waals surface area (Å²) in [5.41, 5.74) is 1.67. The van der Waals surface area contributed by atoms with Crippen molar-refractivity contribution in [2.24, 2.45) is 9.98 Å². The summed E-state index contributed by atoms with van der Waals surface area (Å²) in [4.78, 5) is 28.6. The Morgan fingerprint density at radius 2 is 1.88 bits per heavy atom. The molecule has 17 heavy (non-hydrogen) atoms. The molecule has 1 aromatic heterocycles. The average Bonchev–Trinajstić information content (AvgIpc) is 2.84. The van der Waals surface area contributed by atoms with Gasteiger partial charge in [0.25, 0.3) is 0 Å². The lowest BCUT2D eigenvalue weighted by Crippen LogP contribution is -1.75. The predicted molar refractivity (Wildman–Crippen MR) is 65.3 cm³/mol. The third-order valence-corrected chi connectivity index (χ3v) is 3.01. The van der Waals surface area contributed by atoms with E-state index in [0.29, 0.717) is 11.4 Å². The molecule has 0 N–H and O–H groups in total. The normalized spacial score (nSPS) is 9.18. The molecule has 5 heteroatoms. The van der Waals surface area contributed by atoms with Crippen molar-refractivity contribution in [3.63, 3.8) is 0 Å². The molecule has 0 aliphatic rings. The van der Waals surface area contributed by atoms with E-state index in [1.807, 2.05) is 17.5 Å². The third-order valence-electron chi connectivity index (χ3n) is 2.11. The zero-order valence-electron chi connectivity index (χ0n) is 8.58. The molecule has 4 nitrogen and oxygen atoms in total. The molecule has 0 aliphatic heterocycles. The van der Waals surface area contributed by atoms with Gasteiger partial charge in [0.1, 0.15) is 0 Å². The SMILES string of the molecule is O=C=Nc1ccc(-c2cccs2)c(N=C=O)c1. The molecular weight excluding hydrogens is 236 g/mol. The summed E-state index contributed by atoms with van der Waals surface area (Å²) >= 11 is 1.54. The van der Waals surface area contributed by atoms with Gasteiger partial charge < -0.3 is 0 Å². The molecule has 0 saturated carbocycles. The maximum atomic E-state index is 10.4. The second-order valence-corrected chi connectivity index (χ2v) is 4.03. The van der Waals surface area contributed by atoms with E-state index in [-0.39, 0.29) is 0 Å². The minimum Gasteiger partial charge on any atom is -0.211 e. The van der Waals surface area contributed by atoms with E-state index < -0.39 is 0 Å². The highest BCUT2D eigenvalue weighted by Gasteiger charge is 2.06. The van der Waals surface area contributed by atoms with E-state index in [4.69, 9.17) is 0 Å². The molecule has 0 bridgehead atoms. The van der Waals surface area contributed by atoms with Gasteiger partial charge in [-0.1, -0.05) is 6.07 Å². The summed E-state index contributed by atoms with van der Waals surface area (Å²) in [6.45, 7) is 0. The van der Waals surface area contributed by atoms with Gasteiger partial charge in [0.15, 0.2) is 0 Å². The zero-order valence-corrected chi connectivity index (χ0v) is 9.40. The second-order valence-electron chi connectivity index (χ2n) is 3.08. The number of aliphatic imine (C=N–C) groups is 2. The quantitative estimate of drug-likeness (QED) is 0.612. The molecule has 0 atom stereocenters. The number of hydrogen-bond donors (Lipinski definition) is 0. The van der Waals surface area contributed by atoms with Crippen molar-refractivity contribution in [2.45, 2.75) is 0 Å². The molecule has 0 aliphatic carbocycles. The average molecular weight is 242 g/mol. The fourth-order valence-electron chi connectivity index (χ4n) is 1.42. The summed E-state index contributed by atoms with van der Waals surface area (Å²) in [5.74, 6) is 0. The first kappa shape index (κ1) is 11.2. The Hall–Kier alpha value is -2.32. The molecule has 0 saturated heterocycles. The molecule has 0 spiro atoms. The van der Waals surface area contributed by atoms with Crippen LogP contribution >= 0.6 is 11.3 Å². The van der Waals surface area contributed by atoms with Crippen molar-refractivity contribution in [2.75, 3.05) is 0 Å². The highest BCUT2D eigenvalue weighted by molar-refractivity contribution is 7.13. The standard InChI is InChI=1S/C12H6N2O2S/c15-7-13-9-3-4-10(11(6-9)14-8-16)12-2-1-5-17-12/h1-6H. The van der Waals surface area contributed by atoms with E-state index in [2.05, 4.69) is 9.98 Å². The van der Waals surface area contributed by atoms with Gasteiger partial charge in [-0.2, -0.15) is 9.98 Å². The molecule has 0 radical (unpaired) electrons. The molecule has 2 aromatic rings. The van der Waals surface area contributed by atoms with Crippen molar-refractivity contribution < 1.29 is 9.59 Å². The van der Waals surface area contributed by atoms with E-state index >= 15 is 0 Å². The van der Waals surface area contributed by atoms with E-state index in [0.717, 1.165) is 10.4 Å². The molecular formula is C12H6N2O2S. The van der Waals surface area contributed by atoms with Crippen molar-refractivity contribution in [1.29, 1.82) is 0 Å². The van der Waals surface area contributed by atoms with Crippen LogP contribution in [0, 0.1) is 0 Å². The Balaban J connectivity index is 2.60. The van der Waals surface area contributed by atoms with Gasteiger partial charge in [0.05, 0.1) is 11.4 Å². The monoisotopic (exact) mass is 242 g/mol. The number of hydrogen-bond acceptors (Lipinski definition) is 5. The van der Waals surface area contributed by atoms with Gasteiger partial charge >= 0.3 is 0 Å². The van der Waals surface area contributed by atoms with Gasteiger partial charge in [-0.25, -0.2) is 9.59 Å². The maximum Gasteiger partial charge on any atom is 0.240 e. The van der Waals surface area contributed by atoms with Gasteiger partial charge in [-0.05, 0) is 29.6 Å². The van der Waals surface area contributed by atoms with Crippen LogP contribution in [0.15, 0.2) is 45.7 Å². The Morgan fingerprint density at radius 1 is 1.06 bits per heavy atom. The third kappa shape index (κ3) is 2.44. The summed E-state index contributed by atoms with van der Waals surface area (Å²) < 4.78 is 0. The van der Waals surface area contributed by atoms with Crippen LogP contribution in [-0.4, -0.2) is 12.2 Å². The van der Waals surface area contributed by atoms with E-state index in [9.17, 15) is 9.59 Å². The zero-order chi connectivity index (χ0) is 12.1.